The number of aliphatic imine (C=N–C) groups is 1. The maximum atomic E-state index is 14.2. The predicted molar refractivity (Wildman–Crippen MR) is 174 cm³/mol. The molecular formula is C36H34N4O3S. The largest absolute Gasteiger partial charge is 0.497 e. The summed E-state index contributed by atoms with van der Waals surface area (Å²) in [5.41, 5.74) is 8.14. The predicted octanol–water partition coefficient (Wildman–Crippen LogP) is 6.12. The highest BCUT2D eigenvalue weighted by Gasteiger charge is 2.55. The molecule has 1 atom stereocenters. The van der Waals surface area contributed by atoms with Crippen molar-refractivity contribution >= 4 is 32.3 Å². The average molecular weight is 603 g/mol. The van der Waals surface area contributed by atoms with Crippen LogP contribution in [0, 0.1) is 6.92 Å². The van der Waals surface area contributed by atoms with Gasteiger partial charge < -0.3 is 9.30 Å². The molecule has 222 valence electrons. The molecule has 4 aromatic carbocycles. The van der Waals surface area contributed by atoms with Crippen molar-refractivity contribution in [2.75, 3.05) is 31.2 Å². The van der Waals surface area contributed by atoms with Gasteiger partial charge in [-0.25, -0.2) is 8.42 Å². The number of anilines is 1. The molecule has 1 spiro atoms. The number of sulfonamides is 1. The van der Waals surface area contributed by atoms with E-state index in [4.69, 9.17) is 9.73 Å². The topological polar surface area (TPSA) is 67.1 Å². The van der Waals surface area contributed by atoms with Crippen LogP contribution in [0.1, 0.15) is 34.4 Å². The fourth-order valence-corrected chi connectivity index (χ4v) is 8.95. The van der Waals surface area contributed by atoms with Crippen molar-refractivity contribution in [2.24, 2.45) is 4.99 Å². The summed E-state index contributed by atoms with van der Waals surface area (Å²) in [6.45, 7) is 4.35. The fraction of sp³-hybridized carbons (Fsp3) is 0.250. The quantitative estimate of drug-likeness (QED) is 0.243. The number of hydrogen-bond acceptors (Lipinski definition) is 5. The highest BCUT2D eigenvalue weighted by atomic mass is 32.2. The van der Waals surface area contributed by atoms with E-state index in [1.807, 2.05) is 49.4 Å². The lowest BCUT2D eigenvalue weighted by Crippen LogP contribution is -2.59. The number of nitrogens with zero attached hydrogens (tertiary/aromatic N) is 4. The summed E-state index contributed by atoms with van der Waals surface area (Å²) in [7, 11) is -2.11. The molecule has 0 N–H and O–H groups in total. The van der Waals surface area contributed by atoms with Gasteiger partial charge in [-0.2, -0.15) is 0 Å². The molecule has 0 unspecified atom stereocenters. The van der Waals surface area contributed by atoms with Crippen LogP contribution in [-0.4, -0.2) is 50.5 Å². The number of para-hydroxylation sites is 2. The monoisotopic (exact) mass is 602 g/mol. The summed E-state index contributed by atoms with van der Waals surface area (Å²) in [6.07, 6.45) is 1.61. The lowest BCUT2D eigenvalue weighted by molar-refractivity contribution is 0.148. The molecule has 0 fully saturated rings. The van der Waals surface area contributed by atoms with E-state index in [0.717, 1.165) is 47.7 Å². The Labute approximate surface area is 258 Å². The van der Waals surface area contributed by atoms with Gasteiger partial charge in [-0.05, 0) is 67.3 Å². The first-order valence-corrected chi connectivity index (χ1v) is 16.6. The van der Waals surface area contributed by atoms with E-state index in [2.05, 4.69) is 51.9 Å². The number of hydrogen-bond donors (Lipinski definition) is 0. The van der Waals surface area contributed by atoms with Crippen molar-refractivity contribution < 1.29 is 13.2 Å². The first kappa shape index (κ1) is 27.2. The maximum Gasteiger partial charge on any atom is 0.265 e. The second-order valence-corrected chi connectivity index (χ2v) is 13.8. The summed E-state index contributed by atoms with van der Waals surface area (Å²) in [4.78, 5) is 7.96. The first-order valence-electron chi connectivity index (χ1n) is 15.1. The van der Waals surface area contributed by atoms with Gasteiger partial charge in [-0.3, -0.25) is 14.2 Å². The lowest BCUT2D eigenvalue weighted by Gasteiger charge is -2.49. The zero-order chi connectivity index (χ0) is 30.1. The second kappa shape index (κ2) is 10.1. The Bertz CT molecular complexity index is 2050. The number of methoxy groups -OCH3 is 1. The third-order valence-corrected chi connectivity index (χ3v) is 11.4. The van der Waals surface area contributed by atoms with Crippen molar-refractivity contribution in [3.63, 3.8) is 0 Å². The molecule has 44 heavy (non-hydrogen) atoms. The molecule has 3 aliphatic rings. The number of aromatic nitrogens is 1. The minimum absolute atomic E-state index is 0.271. The van der Waals surface area contributed by atoms with E-state index in [9.17, 15) is 8.42 Å². The van der Waals surface area contributed by atoms with Crippen LogP contribution in [0.2, 0.25) is 0 Å². The van der Waals surface area contributed by atoms with Gasteiger partial charge in [0.15, 0.2) is 0 Å². The normalized spacial score (nSPS) is 19.5. The smallest absolute Gasteiger partial charge is 0.265 e. The Hall–Kier alpha value is -4.40. The third kappa shape index (κ3) is 3.90. The molecule has 0 saturated carbocycles. The Kier molecular flexibility index (Phi) is 6.22. The summed E-state index contributed by atoms with van der Waals surface area (Å²) < 4.78 is 37.9. The molecule has 8 heteroatoms. The zero-order valence-corrected chi connectivity index (χ0v) is 25.7. The van der Waals surface area contributed by atoms with Gasteiger partial charge in [-0.1, -0.05) is 66.2 Å². The molecule has 4 heterocycles. The van der Waals surface area contributed by atoms with Crippen LogP contribution in [0.15, 0.2) is 107 Å². The standard InChI is InChI=1S/C36H34N4O3S/c1-25-11-17-28(18-12-25)44(41,42)40-24-38-22-19-30-29-7-3-5-9-32(29)39(23-26-13-15-27(43-2)16-14-26)34(30)35-36(38,20-21-37-35)31-8-4-6-10-33(31)40/h3-18H,19-24H2,1-2H3/t36-/m0/s1. The Morgan fingerprint density at radius 1 is 0.909 bits per heavy atom. The van der Waals surface area contributed by atoms with Gasteiger partial charge in [-0.15, -0.1) is 0 Å². The number of rotatable bonds is 5. The summed E-state index contributed by atoms with van der Waals surface area (Å²) >= 11 is 0. The molecular weight excluding hydrogens is 568 g/mol. The highest BCUT2D eigenvalue weighted by molar-refractivity contribution is 7.92. The van der Waals surface area contributed by atoms with Crippen LogP contribution in [0.25, 0.3) is 10.9 Å². The molecule has 0 bridgehead atoms. The zero-order valence-electron chi connectivity index (χ0n) is 24.9. The summed E-state index contributed by atoms with van der Waals surface area (Å²) in [5, 5.41) is 1.23. The van der Waals surface area contributed by atoms with E-state index in [0.29, 0.717) is 18.0 Å². The van der Waals surface area contributed by atoms with E-state index in [1.54, 1.807) is 23.5 Å². The fourth-order valence-electron chi connectivity index (χ4n) is 7.51. The van der Waals surface area contributed by atoms with Gasteiger partial charge in [0.05, 0.1) is 41.3 Å². The van der Waals surface area contributed by atoms with Crippen LogP contribution >= 0.6 is 0 Å². The molecule has 3 aliphatic heterocycles. The van der Waals surface area contributed by atoms with Crippen molar-refractivity contribution in [3.05, 3.63) is 125 Å². The first-order chi connectivity index (χ1) is 21.4. The molecule has 0 radical (unpaired) electrons. The van der Waals surface area contributed by atoms with Gasteiger partial charge in [0.25, 0.3) is 10.0 Å². The average Bonchev–Trinajstić information content (AvgIpc) is 3.57. The van der Waals surface area contributed by atoms with Gasteiger partial charge in [0.2, 0.25) is 0 Å². The molecule has 1 aromatic heterocycles. The van der Waals surface area contributed by atoms with Gasteiger partial charge in [0.1, 0.15) is 5.75 Å². The van der Waals surface area contributed by atoms with Gasteiger partial charge >= 0.3 is 0 Å². The van der Waals surface area contributed by atoms with Crippen molar-refractivity contribution in [1.82, 2.24) is 9.47 Å². The summed E-state index contributed by atoms with van der Waals surface area (Å²) in [5.74, 6) is 0.837. The molecule has 8 rings (SSSR count). The van der Waals surface area contributed by atoms with Crippen LogP contribution in [-0.2, 0) is 28.5 Å². The van der Waals surface area contributed by atoms with E-state index < -0.39 is 15.6 Å². The van der Waals surface area contributed by atoms with Crippen LogP contribution in [0.3, 0.4) is 0 Å². The number of aryl methyl sites for hydroxylation is 1. The Morgan fingerprint density at radius 3 is 2.45 bits per heavy atom. The number of fused-ring (bicyclic) bond motifs is 5. The van der Waals surface area contributed by atoms with E-state index >= 15 is 0 Å². The van der Waals surface area contributed by atoms with Crippen molar-refractivity contribution in [1.29, 1.82) is 0 Å². The molecule has 5 aromatic rings. The Balaban J connectivity index is 1.31. The van der Waals surface area contributed by atoms with Crippen LogP contribution in [0.4, 0.5) is 5.69 Å². The minimum Gasteiger partial charge on any atom is -0.497 e. The third-order valence-electron chi connectivity index (χ3n) is 9.63. The van der Waals surface area contributed by atoms with Crippen LogP contribution < -0.4 is 9.04 Å². The lowest BCUT2D eigenvalue weighted by atomic mass is 9.79. The number of benzene rings is 4. The molecule has 0 saturated heterocycles. The second-order valence-electron chi connectivity index (χ2n) is 12.0. The molecule has 0 amide bonds. The van der Waals surface area contributed by atoms with Crippen LogP contribution in [0.5, 0.6) is 5.75 Å². The summed E-state index contributed by atoms with van der Waals surface area (Å²) in [6, 6.07) is 32.1. The molecule has 0 aliphatic carbocycles. The number of ether oxygens (including phenoxy) is 1. The van der Waals surface area contributed by atoms with Crippen molar-refractivity contribution in [3.8, 4) is 5.75 Å². The van der Waals surface area contributed by atoms with Gasteiger partial charge in [0, 0.05) is 36.1 Å². The SMILES string of the molecule is COc1ccc(Cn2c3c(c4ccccc42)CCN2CN(S(=O)(=O)c4ccc(C)cc4)c4ccccc4[C@]24CCN=C34)cc1. The highest BCUT2D eigenvalue weighted by Crippen LogP contribution is 2.51. The van der Waals surface area contributed by atoms with E-state index in [-0.39, 0.29) is 6.67 Å². The van der Waals surface area contributed by atoms with Crippen molar-refractivity contribution in [2.45, 2.75) is 36.7 Å². The Morgan fingerprint density at radius 2 is 1.66 bits per heavy atom. The maximum absolute atomic E-state index is 14.2. The minimum atomic E-state index is -3.79. The molecule has 7 nitrogen and oxygen atoms in total. The van der Waals surface area contributed by atoms with E-state index in [1.165, 1.54) is 27.7 Å².